The van der Waals surface area contributed by atoms with Crippen LogP contribution in [0.15, 0.2) is 29.2 Å². The van der Waals surface area contributed by atoms with E-state index in [9.17, 15) is 18.3 Å². The van der Waals surface area contributed by atoms with Crippen LogP contribution in [-0.4, -0.2) is 66.9 Å². The number of carbonyl (C=O) groups is 1. The highest BCUT2D eigenvalue weighted by Gasteiger charge is 2.59. The van der Waals surface area contributed by atoms with Crippen LogP contribution in [0, 0.1) is 11.3 Å². The van der Waals surface area contributed by atoms with Crippen molar-refractivity contribution in [1.82, 2.24) is 9.21 Å². The van der Waals surface area contributed by atoms with Gasteiger partial charge in [0.2, 0.25) is 10.0 Å². The molecule has 3 rings (SSSR count). The molecule has 2 saturated heterocycles. The average molecular weight is 385 g/mol. The first-order valence-electron chi connectivity index (χ1n) is 8.37. The molecular formula is C17H24N2O4S2. The summed E-state index contributed by atoms with van der Waals surface area (Å²) < 4.78 is 25.7. The fourth-order valence-electron chi connectivity index (χ4n) is 3.93. The van der Waals surface area contributed by atoms with Gasteiger partial charge in [0.25, 0.3) is 0 Å². The molecule has 0 unspecified atom stereocenters. The van der Waals surface area contributed by atoms with Crippen LogP contribution < -0.4 is 0 Å². The summed E-state index contributed by atoms with van der Waals surface area (Å²) in [7, 11) is -3.35. The predicted molar refractivity (Wildman–Crippen MR) is 98.1 cm³/mol. The molecule has 0 spiro atoms. The lowest BCUT2D eigenvalue weighted by atomic mass is 9.81. The molecule has 2 fully saturated rings. The van der Waals surface area contributed by atoms with Crippen molar-refractivity contribution in [2.75, 3.05) is 38.2 Å². The van der Waals surface area contributed by atoms with E-state index in [4.69, 9.17) is 0 Å². The van der Waals surface area contributed by atoms with Gasteiger partial charge in [0.15, 0.2) is 0 Å². The Balaban J connectivity index is 1.74. The number of sulfonamides is 1. The van der Waals surface area contributed by atoms with Crippen LogP contribution in [0.1, 0.15) is 12.5 Å². The highest BCUT2D eigenvalue weighted by atomic mass is 32.2. The second-order valence-electron chi connectivity index (χ2n) is 6.87. The molecule has 0 radical (unpaired) electrons. The standard InChI is InChI=1S/C17H24N2O4S2/c1-3-25(22,23)19-10-14-9-18(11-17(14,12-19)16(20)21)8-13-4-6-15(24-2)7-5-13/h4-7,14H,3,8-12H2,1-2H3,(H,20,21)/t14-,17-/m1/s1. The van der Waals surface area contributed by atoms with Crippen molar-refractivity contribution in [2.45, 2.75) is 18.4 Å². The molecule has 1 aromatic carbocycles. The third-order valence-electron chi connectivity index (χ3n) is 5.40. The summed E-state index contributed by atoms with van der Waals surface area (Å²) in [6, 6.07) is 8.28. The van der Waals surface area contributed by atoms with Gasteiger partial charge in [-0.2, -0.15) is 0 Å². The molecule has 0 bridgehead atoms. The van der Waals surface area contributed by atoms with Crippen LogP contribution in [0.3, 0.4) is 0 Å². The monoisotopic (exact) mass is 384 g/mol. The second kappa shape index (κ2) is 6.90. The van der Waals surface area contributed by atoms with Crippen LogP contribution in [-0.2, 0) is 21.4 Å². The molecule has 25 heavy (non-hydrogen) atoms. The second-order valence-corrected chi connectivity index (χ2v) is 10.0. The Bertz CT molecular complexity index is 750. The maximum atomic E-state index is 12.1. The van der Waals surface area contributed by atoms with Gasteiger partial charge in [-0.25, -0.2) is 12.7 Å². The number of thioether (sulfide) groups is 1. The third-order valence-corrected chi connectivity index (χ3v) is 7.94. The lowest BCUT2D eigenvalue weighted by molar-refractivity contribution is -0.148. The molecule has 2 aliphatic rings. The summed E-state index contributed by atoms with van der Waals surface area (Å²) in [5.74, 6) is -1.02. The molecule has 2 aliphatic heterocycles. The molecule has 6 nitrogen and oxygen atoms in total. The zero-order valence-corrected chi connectivity index (χ0v) is 16.1. The predicted octanol–water partition coefficient (Wildman–Crippen LogP) is 1.58. The molecule has 138 valence electrons. The Hall–Kier alpha value is -1.09. The quantitative estimate of drug-likeness (QED) is 0.751. The largest absolute Gasteiger partial charge is 0.481 e. The molecule has 8 heteroatoms. The van der Waals surface area contributed by atoms with E-state index in [0.717, 1.165) is 5.56 Å². The first-order valence-corrected chi connectivity index (χ1v) is 11.2. The molecule has 1 aromatic rings. The van der Waals surface area contributed by atoms with Crippen molar-refractivity contribution >= 4 is 27.8 Å². The zero-order valence-electron chi connectivity index (χ0n) is 14.5. The molecule has 0 saturated carbocycles. The van der Waals surface area contributed by atoms with Gasteiger partial charge in [-0.15, -0.1) is 11.8 Å². The summed E-state index contributed by atoms with van der Waals surface area (Å²) >= 11 is 1.69. The molecule has 2 heterocycles. The topological polar surface area (TPSA) is 77.9 Å². The SMILES string of the molecule is CCS(=O)(=O)N1C[C@H]2CN(Cc3ccc(SC)cc3)C[C@@]2(C(=O)O)C1. The smallest absolute Gasteiger partial charge is 0.312 e. The van der Waals surface area contributed by atoms with Gasteiger partial charge >= 0.3 is 5.97 Å². The van der Waals surface area contributed by atoms with Crippen LogP contribution >= 0.6 is 11.8 Å². The number of fused-ring (bicyclic) bond motifs is 1. The van der Waals surface area contributed by atoms with E-state index in [-0.39, 0.29) is 18.2 Å². The minimum atomic E-state index is -3.35. The fourth-order valence-corrected chi connectivity index (χ4v) is 5.54. The number of hydrogen-bond acceptors (Lipinski definition) is 5. The van der Waals surface area contributed by atoms with Crippen LogP contribution in [0.4, 0.5) is 0 Å². The molecule has 0 aromatic heterocycles. The number of carboxylic acid groups (broad SMARTS) is 1. The van der Waals surface area contributed by atoms with Crippen LogP contribution in [0.5, 0.6) is 0 Å². The van der Waals surface area contributed by atoms with E-state index in [1.807, 2.05) is 6.26 Å². The summed E-state index contributed by atoms with van der Waals surface area (Å²) in [4.78, 5) is 15.3. The Morgan fingerprint density at radius 3 is 2.48 bits per heavy atom. The van der Waals surface area contributed by atoms with Crippen molar-refractivity contribution in [1.29, 1.82) is 0 Å². The van der Waals surface area contributed by atoms with E-state index in [1.54, 1.807) is 18.7 Å². The van der Waals surface area contributed by atoms with E-state index >= 15 is 0 Å². The minimum absolute atomic E-state index is 0.0148. The Morgan fingerprint density at radius 1 is 1.28 bits per heavy atom. The van der Waals surface area contributed by atoms with Crippen molar-refractivity contribution in [2.24, 2.45) is 11.3 Å². The van der Waals surface area contributed by atoms with E-state index in [0.29, 0.717) is 26.2 Å². The van der Waals surface area contributed by atoms with Crippen LogP contribution in [0.2, 0.25) is 0 Å². The summed E-state index contributed by atoms with van der Waals surface area (Å²) in [6.45, 7) is 3.71. The average Bonchev–Trinajstić information content (AvgIpc) is 3.11. The highest BCUT2D eigenvalue weighted by molar-refractivity contribution is 7.98. The molecule has 2 atom stereocenters. The minimum Gasteiger partial charge on any atom is -0.481 e. The number of benzene rings is 1. The molecular weight excluding hydrogens is 360 g/mol. The number of likely N-dealkylation sites (tertiary alicyclic amines) is 1. The maximum Gasteiger partial charge on any atom is 0.312 e. The Morgan fingerprint density at radius 2 is 1.96 bits per heavy atom. The van der Waals surface area contributed by atoms with Gasteiger partial charge in [0, 0.05) is 43.5 Å². The van der Waals surface area contributed by atoms with Gasteiger partial charge in [-0.3, -0.25) is 9.69 Å². The van der Waals surface area contributed by atoms with Gasteiger partial charge in [-0.05, 0) is 30.9 Å². The first kappa shape index (κ1) is 18.7. The number of aliphatic carboxylic acids is 1. The molecule has 1 N–H and O–H groups in total. The number of rotatable bonds is 6. The summed E-state index contributed by atoms with van der Waals surface area (Å²) in [6.07, 6.45) is 2.03. The lowest BCUT2D eigenvalue weighted by Gasteiger charge is -2.25. The summed E-state index contributed by atoms with van der Waals surface area (Å²) in [5, 5.41) is 9.83. The van der Waals surface area contributed by atoms with Gasteiger partial charge in [-0.1, -0.05) is 12.1 Å². The fraction of sp³-hybridized carbons (Fsp3) is 0.588. The van der Waals surface area contributed by atoms with Crippen molar-refractivity contribution < 1.29 is 18.3 Å². The number of hydrogen-bond donors (Lipinski definition) is 1. The van der Waals surface area contributed by atoms with E-state index < -0.39 is 21.4 Å². The van der Waals surface area contributed by atoms with Crippen molar-refractivity contribution in [3.05, 3.63) is 29.8 Å². The number of carboxylic acids is 1. The van der Waals surface area contributed by atoms with Gasteiger partial charge in [0.1, 0.15) is 0 Å². The van der Waals surface area contributed by atoms with Gasteiger partial charge in [0.05, 0.1) is 11.2 Å². The molecule has 0 amide bonds. The molecule has 0 aliphatic carbocycles. The highest BCUT2D eigenvalue weighted by Crippen LogP contribution is 2.44. The van der Waals surface area contributed by atoms with Crippen molar-refractivity contribution in [3.8, 4) is 0 Å². The van der Waals surface area contributed by atoms with E-state index in [1.165, 1.54) is 9.20 Å². The summed E-state index contributed by atoms with van der Waals surface area (Å²) in [5.41, 5.74) is 0.165. The van der Waals surface area contributed by atoms with Crippen molar-refractivity contribution in [3.63, 3.8) is 0 Å². The first-order chi connectivity index (χ1) is 11.8. The van der Waals surface area contributed by atoms with Crippen LogP contribution in [0.25, 0.3) is 0 Å². The Kier molecular flexibility index (Phi) is 5.16. The number of nitrogens with zero attached hydrogens (tertiary/aromatic N) is 2. The normalized spacial score (nSPS) is 27.5. The lowest BCUT2D eigenvalue weighted by Crippen LogP contribution is -2.42. The van der Waals surface area contributed by atoms with E-state index in [2.05, 4.69) is 29.2 Å². The third kappa shape index (κ3) is 3.45. The zero-order chi connectivity index (χ0) is 18.2. The Labute approximate surface area is 153 Å². The van der Waals surface area contributed by atoms with Gasteiger partial charge < -0.3 is 5.11 Å². The maximum absolute atomic E-state index is 12.1.